The summed E-state index contributed by atoms with van der Waals surface area (Å²) in [6, 6.07) is 23.4. The van der Waals surface area contributed by atoms with Crippen LogP contribution in [0.15, 0.2) is 89.0 Å². The number of anilines is 1. The topological polar surface area (TPSA) is 7.12 Å². The number of thioether (sulfide) groups is 1. The first-order valence-corrected chi connectivity index (χ1v) is 8.86. The quantitative estimate of drug-likeness (QED) is 0.649. The maximum absolute atomic E-state index is 2.25. The summed E-state index contributed by atoms with van der Waals surface area (Å²) in [6.07, 6.45) is 6.54. The molecule has 3 aromatic rings. The zero-order valence-corrected chi connectivity index (χ0v) is 14.4. The summed E-state index contributed by atoms with van der Waals surface area (Å²) in [7, 11) is 2.13. The minimum absolute atomic E-state index is 0.901. The molecule has 3 heteroatoms. The van der Waals surface area contributed by atoms with Crippen molar-refractivity contribution in [1.82, 2.24) is 0 Å². The Kier molecular flexibility index (Phi) is 4.09. The van der Waals surface area contributed by atoms with Gasteiger partial charge in [-0.3, -0.25) is 0 Å². The predicted octanol–water partition coefficient (Wildman–Crippen LogP) is 4.56. The van der Waals surface area contributed by atoms with Crippen LogP contribution < -0.4 is 9.47 Å². The number of benzene rings is 2. The van der Waals surface area contributed by atoms with Gasteiger partial charge in [0, 0.05) is 29.6 Å². The molecule has 0 bridgehead atoms. The van der Waals surface area contributed by atoms with Gasteiger partial charge in [-0.05, 0) is 23.8 Å². The SMILES string of the molecule is CN1/C(=C\c2cc[n+](Cc3ccccc3)cc2)Sc2ccccc21. The maximum Gasteiger partial charge on any atom is 0.173 e. The molecule has 24 heavy (non-hydrogen) atoms. The molecule has 0 saturated heterocycles. The molecule has 0 unspecified atom stereocenters. The molecule has 0 amide bonds. The Bertz CT molecular complexity index is 870. The molecule has 0 N–H and O–H groups in total. The van der Waals surface area contributed by atoms with Crippen LogP contribution in [0.4, 0.5) is 5.69 Å². The van der Waals surface area contributed by atoms with Crippen LogP contribution in [-0.2, 0) is 6.54 Å². The number of aromatic nitrogens is 1. The summed E-state index contributed by atoms with van der Waals surface area (Å²) in [4.78, 5) is 3.58. The maximum atomic E-state index is 2.25. The third kappa shape index (κ3) is 3.08. The molecule has 0 radical (unpaired) electrons. The molecule has 2 aromatic carbocycles. The van der Waals surface area contributed by atoms with Gasteiger partial charge in [-0.1, -0.05) is 54.2 Å². The van der Waals surface area contributed by atoms with Gasteiger partial charge in [0.25, 0.3) is 0 Å². The van der Waals surface area contributed by atoms with Crippen LogP contribution >= 0.6 is 11.8 Å². The fourth-order valence-electron chi connectivity index (χ4n) is 2.85. The number of hydrogen-bond acceptors (Lipinski definition) is 2. The van der Waals surface area contributed by atoms with Crippen molar-refractivity contribution in [3.63, 3.8) is 0 Å². The molecule has 0 spiro atoms. The highest BCUT2D eigenvalue weighted by Gasteiger charge is 2.21. The van der Waals surface area contributed by atoms with E-state index in [1.54, 1.807) is 0 Å². The minimum Gasteiger partial charge on any atom is -0.338 e. The highest BCUT2D eigenvalue weighted by Crippen LogP contribution is 2.45. The Morgan fingerprint density at radius 2 is 1.62 bits per heavy atom. The van der Waals surface area contributed by atoms with E-state index >= 15 is 0 Å². The molecule has 1 aliphatic heterocycles. The molecule has 1 aliphatic rings. The van der Waals surface area contributed by atoms with Gasteiger partial charge >= 0.3 is 0 Å². The monoisotopic (exact) mass is 331 g/mol. The second kappa shape index (κ2) is 6.54. The van der Waals surface area contributed by atoms with Crippen molar-refractivity contribution >= 4 is 23.5 Å². The van der Waals surface area contributed by atoms with E-state index in [1.807, 2.05) is 11.8 Å². The normalized spacial score (nSPS) is 14.9. The standard InChI is InChI=1S/C21H19N2S/c1-22-19-9-5-6-10-20(19)24-21(22)15-17-11-13-23(14-12-17)16-18-7-3-2-4-8-18/h2-15H,16H2,1H3/q+1. The number of nitrogens with zero attached hydrogens (tertiary/aromatic N) is 2. The van der Waals surface area contributed by atoms with Crippen molar-refractivity contribution in [2.45, 2.75) is 11.4 Å². The summed E-state index contributed by atoms with van der Waals surface area (Å²) < 4.78 is 2.21. The number of fused-ring (bicyclic) bond motifs is 1. The number of hydrogen-bond donors (Lipinski definition) is 0. The Balaban J connectivity index is 1.52. The minimum atomic E-state index is 0.901. The molecule has 4 rings (SSSR count). The summed E-state index contributed by atoms with van der Waals surface area (Å²) in [6.45, 7) is 0.901. The van der Waals surface area contributed by atoms with E-state index in [-0.39, 0.29) is 0 Å². The van der Waals surface area contributed by atoms with Crippen LogP contribution in [0.3, 0.4) is 0 Å². The van der Waals surface area contributed by atoms with E-state index in [2.05, 4.69) is 102 Å². The molecule has 0 aliphatic carbocycles. The number of pyridine rings is 1. The summed E-state index contributed by atoms with van der Waals surface area (Å²) in [5.74, 6) is 0. The fourth-order valence-corrected chi connectivity index (χ4v) is 3.97. The first-order valence-electron chi connectivity index (χ1n) is 8.05. The van der Waals surface area contributed by atoms with Crippen molar-refractivity contribution < 1.29 is 4.57 Å². The van der Waals surface area contributed by atoms with Crippen LogP contribution in [-0.4, -0.2) is 7.05 Å². The first kappa shape index (κ1) is 15.0. The van der Waals surface area contributed by atoms with Gasteiger partial charge in [-0.2, -0.15) is 0 Å². The van der Waals surface area contributed by atoms with Crippen LogP contribution in [0.2, 0.25) is 0 Å². The van der Waals surface area contributed by atoms with Crippen molar-refractivity contribution in [1.29, 1.82) is 0 Å². The molecule has 0 fully saturated rings. The molecular weight excluding hydrogens is 312 g/mol. The van der Waals surface area contributed by atoms with Gasteiger partial charge in [0.05, 0.1) is 10.7 Å². The lowest BCUT2D eigenvalue weighted by Crippen LogP contribution is -2.33. The molecule has 2 heterocycles. The number of rotatable bonds is 3. The average molecular weight is 331 g/mol. The lowest BCUT2D eigenvalue weighted by atomic mass is 10.2. The second-order valence-electron chi connectivity index (χ2n) is 5.90. The second-order valence-corrected chi connectivity index (χ2v) is 6.96. The van der Waals surface area contributed by atoms with Gasteiger partial charge in [-0.25, -0.2) is 4.57 Å². The average Bonchev–Trinajstić information content (AvgIpc) is 2.94. The Labute approximate surface area is 147 Å². The molecule has 2 nitrogen and oxygen atoms in total. The van der Waals surface area contributed by atoms with E-state index in [9.17, 15) is 0 Å². The highest BCUT2D eigenvalue weighted by molar-refractivity contribution is 8.03. The van der Waals surface area contributed by atoms with E-state index < -0.39 is 0 Å². The van der Waals surface area contributed by atoms with E-state index in [0.717, 1.165) is 6.54 Å². The van der Waals surface area contributed by atoms with Gasteiger partial charge in [0.1, 0.15) is 0 Å². The summed E-state index contributed by atoms with van der Waals surface area (Å²) in [5, 5.41) is 1.26. The molecular formula is C21H19N2S+. The summed E-state index contributed by atoms with van der Waals surface area (Å²) >= 11 is 1.83. The molecule has 0 atom stereocenters. The highest BCUT2D eigenvalue weighted by atomic mass is 32.2. The van der Waals surface area contributed by atoms with Crippen molar-refractivity contribution in [2.75, 3.05) is 11.9 Å². The smallest absolute Gasteiger partial charge is 0.173 e. The predicted molar refractivity (Wildman–Crippen MR) is 101 cm³/mol. The fraction of sp³-hybridized carbons (Fsp3) is 0.0952. The third-order valence-corrected chi connectivity index (χ3v) is 5.35. The largest absolute Gasteiger partial charge is 0.338 e. The van der Waals surface area contributed by atoms with Gasteiger partial charge in [-0.15, -0.1) is 0 Å². The summed E-state index contributed by atoms with van der Waals surface area (Å²) in [5.41, 5.74) is 3.82. The van der Waals surface area contributed by atoms with E-state index in [4.69, 9.17) is 0 Å². The molecule has 118 valence electrons. The van der Waals surface area contributed by atoms with Crippen LogP contribution in [0, 0.1) is 0 Å². The van der Waals surface area contributed by atoms with Gasteiger partial charge < -0.3 is 4.90 Å². The Morgan fingerprint density at radius 3 is 2.38 bits per heavy atom. The molecule has 0 saturated carbocycles. The van der Waals surface area contributed by atoms with Crippen LogP contribution in [0.25, 0.3) is 6.08 Å². The van der Waals surface area contributed by atoms with Gasteiger partial charge in [0.2, 0.25) is 0 Å². The molecule has 1 aromatic heterocycles. The zero-order chi connectivity index (χ0) is 16.4. The van der Waals surface area contributed by atoms with Crippen LogP contribution in [0.1, 0.15) is 11.1 Å². The number of para-hydroxylation sites is 1. The van der Waals surface area contributed by atoms with Crippen LogP contribution in [0.5, 0.6) is 0 Å². The van der Waals surface area contributed by atoms with E-state index in [1.165, 1.54) is 26.7 Å². The Hall–Kier alpha value is -2.52. The van der Waals surface area contributed by atoms with Gasteiger partial charge in [0.15, 0.2) is 18.9 Å². The lowest BCUT2D eigenvalue weighted by molar-refractivity contribution is -0.688. The van der Waals surface area contributed by atoms with Crippen molar-refractivity contribution in [2.24, 2.45) is 0 Å². The van der Waals surface area contributed by atoms with Crippen molar-refractivity contribution in [3.05, 3.63) is 95.3 Å². The van der Waals surface area contributed by atoms with Crippen molar-refractivity contribution in [3.8, 4) is 0 Å². The first-order chi connectivity index (χ1) is 11.8. The zero-order valence-electron chi connectivity index (χ0n) is 13.6. The Morgan fingerprint density at radius 1 is 0.917 bits per heavy atom. The van der Waals surface area contributed by atoms with E-state index in [0.29, 0.717) is 0 Å². The third-order valence-electron chi connectivity index (χ3n) is 4.19. The lowest BCUT2D eigenvalue weighted by Gasteiger charge is -2.13.